The highest BCUT2D eigenvalue weighted by Gasteiger charge is 2.08. The van der Waals surface area contributed by atoms with Crippen molar-refractivity contribution in [3.63, 3.8) is 0 Å². The van der Waals surface area contributed by atoms with E-state index in [0.29, 0.717) is 21.6 Å². The van der Waals surface area contributed by atoms with Crippen molar-refractivity contribution in [3.05, 3.63) is 45.0 Å². The van der Waals surface area contributed by atoms with Gasteiger partial charge >= 0.3 is 0 Å². The van der Waals surface area contributed by atoms with Crippen LogP contribution >= 0.6 is 39.1 Å². The second-order valence-corrected chi connectivity index (χ2v) is 4.93. The Morgan fingerprint density at radius 3 is 2.65 bits per heavy atom. The molecule has 0 bridgehead atoms. The number of rotatable bonds is 2. The van der Waals surface area contributed by atoms with Crippen molar-refractivity contribution >= 4 is 56.3 Å². The van der Waals surface area contributed by atoms with Gasteiger partial charge in [-0.1, -0.05) is 23.2 Å². The van der Waals surface area contributed by atoms with Crippen LogP contribution in [0.2, 0.25) is 10.0 Å². The van der Waals surface area contributed by atoms with Crippen molar-refractivity contribution in [3.8, 4) is 0 Å². The molecule has 0 aliphatic heterocycles. The third-order valence-electron chi connectivity index (χ3n) is 2.10. The van der Waals surface area contributed by atoms with Crippen LogP contribution in [0.15, 0.2) is 34.9 Å². The van der Waals surface area contributed by atoms with E-state index < -0.39 is 0 Å². The molecular formula is C11H8BrCl2N3. The Labute approximate surface area is 117 Å². The summed E-state index contributed by atoms with van der Waals surface area (Å²) >= 11 is 15.4. The molecule has 0 amide bonds. The number of benzene rings is 1. The summed E-state index contributed by atoms with van der Waals surface area (Å²) in [4.78, 5) is 3.91. The highest BCUT2D eigenvalue weighted by molar-refractivity contribution is 9.10. The van der Waals surface area contributed by atoms with Crippen LogP contribution in [-0.4, -0.2) is 4.98 Å². The molecule has 0 saturated carbocycles. The molecule has 2 aromatic rings. The number of nitrogens with zero attached hydrogens (tertiary/aromatic N) is 1. The molecule has 1 aromatic carbocycles. The number of halogens is 3. The van der Waals surface area contributed by atoms with Crippen molar-refractivity contribution in [2.45, 2.75) is 0 Å². The number of nitrogen functional groups attached to an aromatic ring is 1. The number of pyridine rings is 1. The van der Waals surface area contributed by atoms with Crippen molar-refractivity contribution in [1.82, 2.24) is 4.98 Å². The molecule has 0 aliphatic carbocycles. The smallest absolute Gasteiger partial charge is 0.125 e. The highest BCUT2D eigenvalue weighted by atomic mass is 79.9. The average molecular weight is 333 g/mol. The first-order chi connectivity index (χ1) is 8.08. The second-order valence-electron chi connectivity index (χ2n) is 3.32. The Bertz CT molecular complexity index is 560. The van der Waals surface area contributed by atoms with Crippen LogP contribution in [0.3, 0.4) is 0 Å². The van der Waals surface area contributed by atoms with E-state index in [2.05, 4.69) is 26.2 Å². The number of nitrogens with one attached hydrogen (secondary N) is 1. The van der Waals surface area contributed by atoms with Gasteiger partial charge in [0.15, 0.2) is 0 Å². The van der Waals surface area contributed by atoms with Gasteiger partial charge in [0.1, 0.15) is 5.82 Å². The molecule has 2 rings (SSSR count). The maximum absolute atomic E-state index is 6.12. The Kier molecular flexibility index (Phi) is 3.76. The van der Waals surface area contributed by atoms with Gasteiger partial charge in [0.25, 0.3) is 0 Å². The average Bonchev–Trinajstić information content (AvgIpc) is 2.30. The number of aromatic nitrogens is 1. The zero-order valence-corrected chi connectivity index (χ0v) is 11.6. The van der Waals surface area contributed by atoms with Crippen LogP contribution in [0.5, 0.6) is 0 Å². The topological polar surface area (TPSA) is 50.9 Å². The molecule has 17 heavy (non-hydrogen) atoms. The van der Waals surface area contributed by atoms with E-state index in [1.807, 2.05) is 12.1 Å². The summed E-state index contributed by atoms with van der Waals surface area (Å²) in [5, 5.41) is 4.05. The van der Waals surface area contributed by atoms with Gasteiger partial charge in [-0.15, -0.1) is 0 Å². The molecule has 0 aliphatic rings. The molecule has 0 radical (unpaired) electrons. The molecule has 0 atom stereocenters. The number of anilines is 3. The van der Waals surface area contributed by atoms with E-state index in [1.165, 1.54) is 0 Å². The molecule has 1 aromatic heterocycles. The number of hydrogen-bond acceptors (Lipinski definition) is 3. The van der Waals surface area contributed by atoms with Gasteiger partial charge in [0.05, 0.1) is 15.7 Å². The summed E-state index contributed by atoms with van der Waals surface area (Å²) in [7, 11) is 0. The van der Waals surface area contributed by atoms with Gasteiger partial charge in [0, 0.05) is 22.4 Å². The van der Waals surface area contributed by atoms with Crippen LogP contribution in [0.25, 0.3) is 0 Å². The van der Waals surface area contributed by atoms with Crippen molar-refractivity contribution in [1.29, 1.82) is 0 Å². The van der Waals surface area contributed by atoms with E-state index in [9.17, 15) is 0 Å². The van der Waals surface area contributed by atoms with E-state index in [4.69, 9.17) is 28.9 Å². The lowest BCUT2D eigenvalue weighted by atomic mass is 10.3. The zero-order chi connectivity index (χ0) is 12.4. The summed E-state index contributed by atoms with van der Waals surface area (Å²) in [6.07, 6.45) is 1.62. The minimum Gasteiger partial charge on any atom is -0.384 e. The molecule has 0 fully saturated rings. The van der Waals surface area contributed by atoms with Gasteiger partial charge in [-0.3, -0.25) is 0 Å². The maximum atomic E-state index is 6.12. The lowest BCUT2D eigenvalue weighted by Crippen LogP contribution is -1.95. The van der Waals surface area contributed by atoms with E-state index in [1.54, 1.807) is 18.3 Å². The largest absolute Gasteiger partial charge is 0.384 e. The quantitative estimate of drug-likeness (QED) is 0.797. The van der Waals surface area contributed by atoms with E-state index >= 15 is 0 Å². The zero-order valence-electron chi connectivity index (χ0n) is 8.55. The fraction of sp³-hybridized carbons (Fsp3) is 0. The van der Waals surface area contributed by atoms with Gasteiger partial charge in [-0.25, -0.2) is 4.98 Å². The normalized spacial score (nSPS) is 10.3. The molecule has 3 nitrogen and oxygen atoms in total. The minimum absolute atomic E-state index is 0.439. The lowest BCUT2D eigenvalue weighted by molar-refractivity contribution is 1.33. The Morgan fingerprint density at radius 2 is 1.94 bits per heavy atom. The SMILES string of the molecule is Nc1cc(Nc2ccc(Br)c(Cl)c2Cl)ccn1. The first kappa shape index (κ1) is 12.5. The van der Waals surface area contributed by atoms with E-state index in [-0.39, 0.29) is 0 Å². The van der Waals surface area contributed by atoms with Crippen LogP contribution in [0.4, 0.5) is 17.2 Å². The van der Waals surface area contributed by atoms with Crippen LogP contribution < -0.4 is 11.1 Å². The molecule has 6 heteroatoms. The van der Waals surface area contributed by atoms with Crippen LogP contribution in [0.1, 0.15) is 0 Å². The van der Waals surface area contributed by atoms with E-state index in [0.717, 1.165) is 10.2 Å². The van der Waals surface area contributed by atoms with Crippen molar-refractivity contribution < 1.29 is 0 Å². The Hall–Kier alpha value is -0.970. The van der Waals surface area contributed by atoms with Gasteiger partial charge in [-0.05, 0) is 34.1 Å². The monoisotopic (exact) mass is 331 g/mol. The van der Waals surface area contributed by atoms with Gasteiger partial charge in [0.2, 0.25) is 0 Å². The fourth-order valence-electron chi connectivity index (χ4n) is 1.30. The van der Waals surface area contributed by atoms with Crippen LogP contribution in [-0.2, 0) is 0 Å². The maximum Gasteiger partial charge on any atom is 0.125 e. The van der Waals surface area contributed by atoms with Gasteiger partial charge < -0.3 is 11.1 Å². The lowest BCUT2D eigenvalue weighted by Gasteiger charge is -2.10. The van der Waals surface area contributed by atoms with Crippen LogP contribution in [0, 0.1) is 0 Å². The first-order valence-corrected chi connectivity index (χ1v) is 6.25. The highest BCUT2D eigenvalue weighted by Crippen LogP contribution is 2.37. The molecular weight excluding hydrogens is 325 g/mol. The molecule has 88 valence electrons. The summed E-state index contributed by atoms with van der Waals surface area (Å²) in [5.41, 5.74) is 7.10. The summed E-state index contributed by atoms with van der Waals surface area (Å²) < 4.78 is 0.754. The minimum atomic E-state index is 0.439. The molecule has 0 saturated heterocycles. The summed E-state index contributed by atoms with van der Waals surface area (Å²) in [5.74, 6) is 0.439. The van der Waals surface area contributed by atoms with Crippen molar-refractivity contribution in [2.24, 2.45) is 0 Å². The molecule has 0 spiro atoms. The van der Waals surface area contributed by atoms with Gasteiger partial charge in [-0.2, -0.15) is 0 Å². The number of hydrogen-bond donors (Lipinski definition) is 2. The Morgan fingerprint density at radius 1 is 1.18 bits per heavy atom. The van der Waals surface area contributed by atoms with Crippen molar-refractivity contribution in [2.75, 3.05) is 11.1 Å². The third-order valence-corrected chi connectivity index (χ3v) is 3.87. The first-order valence-electron chi connectivity index (χ1n) is 4.70. The predicted octanol–water partition coefficient (Wildman–Crippen LogP) is 4.48. The Balaban J connectivity index is 2.34. The third kappa shape index (κ3) is 2.83. The summed E-state index contributed by atoms with van der Waals surface area (Å²) in [6, 6.07) is 7.16. The standard InChI is InChI=1S/C11H8BrCl2N3/c12-7-1-2-8(11(14)10(7)13)17-6-3-4-16-9(15)5-6/h1-5H,(H3,15,16,17). The number of nitrogens with two attached hydrogens (primary N) is 1. The fourth-order valence-corrected chi connectivity index (χ4v) is 2.13. The summed E-state index contributed by atoms with van der Waals surface area (Å²) in [6.45, 7) is 0. The predicted molar refractivity (Wildman–Crippen MR) is 76.1 cm³/mol. The molecule has 1 heterocycles. The molecule has 3 N–H and O–H groups in total. The second kappa shape index (κ2) is 5.12. The molecule has 0 unspecified atom stereocenters.